The number of nitrogens with one attached hydrogen (secondary N) is 1. The fourth-order valence-corrected chi connectivity index (χ4v) is 4.95. The summed E-state index contributed by atoms with van der Waals surface area (Å²) < 4.78 is 1.79. The van der Waals surface area contributed by atoms with Gasteiger partial charge in [0.2, 0.25) is 5.91 Å². The minimum atomic E-state index is -0.681. The normalized spacial score (nSPS) is 15.8. The van der Waals surface area contributed by atoms with E-state index in [0.29, 0.717) is 31.5 Å². The molecule has 0 spiro atoms. The Bertz CT molecular complexity index is 1300. The van der Waals surface area contributed by atoms with Gasteiger partial charge in [0.05, 0.1) is 11.5 Å². The zero-order valence-electron chi connectivity index (χ0n) is 20.2. The molecular formula is C29H29N5O2. The maximum Gasteiger partial charge on any atom is 0.253 e. The quantitative estimate of drug-likeness (QED) is 0.447. The van der Waals surface area contributed by atoms with Crippen molar-refractivity contribution in [3.05, 3.63) is 114 Å². The van der Waals surface area contributed by atoms with E-state index >= 15 is 0 Å². The highest BCUT2D eigenvalue weighted by Gasteiger charge is 2.44. The van der Waals surface area contributed by atoms with Gasteiger partial charge in [0.1, 0.15) is 12.7 Å². The van der Waals surface area contributed by atoms with Crippen LogP contribution in [0.5, 0.6) is 0 Å². The highest BCUT2D eigenvalue weighted by Crippen LogP contribution is 2.37. The molecular weight excluding hydrogens is 450 g/mol. The molecule has 1 saturated heterocycles. The molecule has 0 bridgehead atoms. The summed E-state index contributed by atoms with van der Waals surface area (Å²) in [5, 5.41) is 10.9. The van der Waals surface area contributed by atoms with Crippen LogP contribution in [0.2, 0.25) is 0 Å². The average Bonchev–Trinajstić information content (AvgIpc) is 3.49. The van der Waals surface area contributed by atoms with Crippen LogP contribution >= 0.6 is 0 Å². The molecule has 1 aliphatic rings. The summed E-state index contributed by atoms with van der Waals surface area (Å²) in [7, 11) is 0. The number of amides is 2. The summed E-state index contributed by atoms with van der Waals surface area (Å²) in [5.74, 6) is -0.0134. The Morgan fingerprint density at radius 2 is 1.42 bits per heavy atom. The van der Waals surface area contributed by atoms with Gasteiger partial charge in [0.25, 0.3) is 5.91 Å². The van der Waals surface area contributed by atoms with E-state index in [0.717, 1.165) is 16.8 Å². The van der Waals surface area contributed by atoms with Crippen LogP contribution in [0.3, 0.4) is 0 Å². The maximum atomic E-state index is 13.8. The number of aromatic nitrogens is 3. The second-order valence-electron chi connectivity index (χ2n) is 9.26. The molecule has 0 aliphatic carbocycles. The largest absolute Gasteiger partial charge is 0.349 e. The zero-order valence-corrected chi connectivity index (χ0v) is 20.2. The molecule has 1 aliphatic heterocycles. The van der Waals surface area contributed by atoms with Crippen molar-refractivity contribution >= 4 is 11.8 Å². The molecule has 36 heavy (non-hydrogen) atoms. The number of piperidine rings is 1. The molecule has 1 fully saturated rings. The molecule has 5 rings (SSSR count). The number of carbonyl (C=O) groups excluding carboxylic acids is 2. The summed E-state index contributed by atoms with van der Waals surface area (Å²) in [6.07, 6.45) is 4.37. The first-order valence-corrected chi connectivity index (χ1v) is 12.2. The van der Waals surface area contributed by atoms with Crippen molar-refractivity contribution in [2.24, 2.45) is 0 Å². The molecule has 182 valence electrons. The van der Waals surface area contributed by atoms with Gasteiger partial charge in [-0.25, -0.2) is 0 Å². The van der Waals surface area contributed by atoms with Crippen LogP contribution in [0.4, 0.5) is 0 Å². The number of rotatable bonds is 6. The lowest BCUT2D eigenvalue weighted by molar-refractivity contribution is -0.129. The fourth-order valence-electron chi connectivity index (χ4n) is 4.95. The molecule has 0 saturated carbocycles. The molecule has 1 atom stereocenters. The Labute approximate surface area is 210 Å². The molecule has 7 heteroatoms. The Hall–Kier alpha value is -4.26. The standard InChI is InChI=1S/C29H29N5O2/c1-22(23-8-4-2-5-9-23)32-28(36)29(25-10-6-3-7-11-25)16-18-33(19-17-29)27(35)24-12-14-26(15-13-24)34-20-30-31-21-34/h2-15,20-22H,16-19H2,1H3,(H,32,36)/t22-/m0/s1. The number of hydrogen-bond donors (Lipinski definition) is 1. The number of benzene rings is 3. The molecule has 0 unspecified atom stereocenters. The summed E-state index contributed by atoms with van der Waals surface area (Å²) in [6, 6.07) is 27.2. The summed E-state index contributed by atoms with van der Waals surface area (Å²) >= 11 is 0. The lowest BCUT2D eigenvalue weighted by Gasteiger charge is -2.41. The number of carbonyl (C=O) groups is 2. The van der Waals surface area contributed by atoms with Crippen molar-refractivity contribution in [2.45, 2.75) is 31.2 Å². The zero-order chi connectivity index (χ0) is 25.0. The predicted octanol–water partition coefficient (Wildman–Crippen LogP) is 4.32. The van der Waals surface area contributed by atoms with Gasteiger partial charge in [-0.3, -0.25) is 14.2 Å². The first-order chi connectivity index (χ1) is 17.6. The summed E-state index contributed by atoms with van der Waals surface area (Å²) in [6.45, 7) is 3.02. The second kappa shape index (κ2) is 10.2. The van der Waals surface area contributed by atoms with E-state index in [4.69, 9.17) is 0 Å². The Morgan fingerprint density at radius 3 is 2.03 bits per heavy atom. The number of hydrogen-bond acceptors (Lipinski definition) is 4. The Kier molecular flexibility index (Phi) is 6.62. The maximum absolute atomic E-state index is 13.8. The molecule has 3 aromatic carbocycles. The minimum absolute atomic E-state index is 0.00967. The van der Waals surface area contributed by atoms with Crippen LogP contribution in [0.15, 0.2) is 97.6 Å². The first kappa shape index (κ1) is 23.5. The lowest BCUT2D eigenvalue weighted by atomic mass is 9.71. The minimum Gasteiger partial charge on any atom is -0.349 e. The molecule has 2 amide bonds. The van der Waals surface area contributed by atoms with Crippen molar-refractivity contribution in [1.82, 2.24) is 25.0 Å². The van der Waals surface area contributed by atoms with Crippen LogP contribution in [0, 0.1) is 0 Å². The summed E-state index contributed by atoms with van der Waals surface area (Å²) in [4.78, 5) is 28.9. The average molecular weight is 480 g/mol. The van der Waals surface area contributed by atoms with Crippen molar-refractivity contribution in [1.29, 1.82) is 0 Å². The third kappa shape index (κ3) is 4.64. The third-order valence-electron chi connectivity index (χ3n) is 7.14. The van der Waals surface area contributed by atoms with Gasteiger partial charge < -0.3 is 10.2 Å². The van der Waals surface area contributed by atoms with E-state index in [1.807, 2.05) is 96.8 Å². The molecule has 2 heterocycles. The van der Waals surface area contributed by atoms with Crippen LogP contribution in [0.25, 0.3) is 5.69 Å². The number of nitrogens with zero attached hydrogens (tertiary/aromatic N) is 4. The molecule has 7 nitrogen and oxygen atoms in total. The van der Waals surface area contributed by atoms with Crippen molar-refractivity contribution < 1.29 is 9.59 Å². The summed E-state index contributed by atoms with van der Waals surface area (Å²) in [5.41, 5.74) is 2.90. The van der Waals surface area contributed by atoms with E-state index in [2.05, 4.69) is 15.5 Å². The van der Waals surface area contributed by atoms with Gasteiger partial charge in [-0.2, -0.15) is 0 Å². The van der Waals surface area contributed by atoms with Gasteiger partial charge in [-0.05, 0) is 55.2 Å². The van der Waals surface area contributed by atoms with Crippen molar-refractivity contribution in [3.8, 4) is 5.69 Å². The van der Waals surface area contributed by atoms with Gasteiger partial charge in [-0.1, -0.05) is 60.7 Å². The second-order valence-corrected chi connectivity index (χ2v) is 9.26. The van der Waals surface area contributed by atoms with Crippen molar-refractivity contribution in [3.63, 3.8) is 0 Å². The SMILES string of the molecule is C[C@H](NC(=O)C1(c2ccccc2)CCN(C(=O)c2ccc(-n3cnnc3)cc2)CC1)c1ccccc1. The smallest absolute Gasteiger partial charge is 0.253 e. The predicted molar refractivity (Wildman–Crippen MR) is 138 cm³/mol. The van der Waals surface area contributed by atoms with Gasteiger partial charge >= 0.3 is 0 Å². The fraction of sp³-hybridized carbons (Fsp3) is 0.241. The van der Waals surface area contributed by atoms with E-state index in [1.165, 1.54) is 0 Å². The van der Waals surface area contributed by atoms with Crippen molar-refractivity contribution in [2.75, 3.05) is 13.1 Å². The van der Waals surface area contributed by atoms with E-state index in [9.17, 15) is 9.59 Å². The van der Waals surface area contributed by atoms with Crippen LogP contribution in [0.1, 0.15) is 47.3 Å². The van der Waals surface area contributed by atoms with E-state index in [-0.39, 0.29) is 17.9 Å². The Morgan fingerprint density at radius 1 is 0.833 bits per heavy atom. The molecule has 1 N–H and O–H groups in total. The van der Waals surface area contributed by atoms with Crippen LogP contribution in [-0.2, 0) is 10.2 Å². The number of likely N-dealkylation sites (tertiary alicyclic amines) is 1. The van der Waals surface area contributed by atoms with E-state index < -0.39 is 5.41 Å². The first-order valence-electron chi connectivity index (χ1n) is 12.2. The van der Waals surface area contributed by atoms with Crippen LogP contribution in [-0.4, -0.2) is 44.6 Å². The van der Waals surface area contributed by atoms with Crippen LogP contribution < -0.4 is 5.32 Å². The third-order valence-corrected chi connectivity index (χ3v) is 7.14. The lowest BCUT2D eigenvalue weighted by Crippen LogP contribution is -2.53. The van der Waals surface area contributed by atoms with Gasteiger partial charge in [0, 0.05) is 24.3 Å². The topological polar surface area (TPSA) is 80.1 Å². The molecule has 0 radical (unpaired) electrons. The highest BCUT2D eigenvalue weighted by atomic mass is 16.2. The van der Waals surface area contributed by atoms with Gasteiger partial charge in [0.15, 0.2) is 0 Å². The molecule has 4 aromatic rings. The van der Waals surface area contributed by atoms with Gasteiger partial charge in [-0.15, -0.1) is 10.2 Å². The highest BCUT2D eigenvalue weighted by molar-refractivity contribution is 5.95. The monoisotopic (exact) mass is 479 g/mol. The Balaban J connectivity index is 1.32. The molecule has 1 aromatic heterocycles. The van der Waals surface area contributed by atoms with E-state index in [1.54, 1.807) is 17.2 Å².